The summed E-state index contributed by atoms with van der Waals surface area (Å²) >= 11 is 0. The summed E-state index contributed by atoms with van der Waals surface area (Å²) in [7, 11) is 0. The van der Waals surface area contributed by atoms with Crippen molar-refractivity contribution in [2.75, 3.05) is 26.4 Å². The molecule has 0 aliphatic rings. The molecule has 1 aromatic rings. The van der Waals surface area contributed by atoms with Crippen molar-refractivity contribution in [1.82, 2.24) is 5.32 Å². The lowest BCUT2D eigenvalue weighted by Crippen LogP contribution is -2.20. The van der Waals surface area contributed by atoms with Crippen molar-refractivity contribution in [2.45, 2.75) is 27.3 Å². The number of nitrogens with one attached hydrogen (secondary N) is 1. The number of ether oxygens (including phenoxy) is 2. The van der Waals surface area contributed by atoms with Gasteiger partial charge in [0.2, 0.25) is 0 Å². The van der Waals surface area contributed by atoms with Crippen LogP contribution >= 0.6 is 0 Å². The van der Waals surface area contributed by atoms with Crippen LogP contribution in [-0.4, -0.2) is 26.4 Å². The molecule has 1 rings (SSSR count). The highest BCUT2D eigenvalue weighted by Crippen LogP contribution is 2.12. The standard InChI is InChI=1S/C15H25NO2/c1-4-18-15-7-5-6-14(10-15)11-16-8-9-17-12-13(2)3/h5-7,10,13,16H,4,8-9,11-12H2,1-3H3. The molecule has 0 bridgehead atoms. The molecule has 3 nitrogen and oxygen atoms in total. The van der Waals surface area contributed by atoms with E-state index < -0.39 is 0 Å². The first kappa shape index (κ1) is 15.0. The Morgan fingerprint density at radius 2 is 2.11 bits per heavy atom. The highest BCUT2D eigenvalue weighted by molar-refractivity contribution is 5.28. The maximum atomic E-state index is 5.51. The molecule has 0 spiro atoms. The summed E-state index contributed by atoms with van der Waals surface area (Å²) in [4.78, 5) is 0. The van der Waals surface area contributed by atoms with E-state index in [4.69, 9.17) is 9.47 Å². The molecule has 0 atom stereocenters. The van der Waals surface area contributed by atoms with Crippen molar-refractivity contribution < 1.29 is 9.47 Å². The highest BCUT2D eigenvalue weighted by Gasteiger charge is 1.97. The number of hydrogen-bond donors (Lipinski definition) is 1. The van der Waals surface area contributed by atoms with Crippen LogP contribution in [0.25, 0.3) is 0 Å². The van der Waals surface area contributed by atoms with Crippen LogP contribution in [0, 0.1) is 5.92 Å². The Kier molecular flexibility index (Phi) is 7.46. The lowest BCUT2D eigenvalue weighted by Gasteiger charge is -2.09. The zero-order valence-corrected chi connectivity index (χ0v) is 11.7. The smallest absolute Gasteiger partial charge is 0.119 e. The van der Waals surface area contributed by atoms with Crippen LogP contribution in [0.15, 0.2) is 24.3 Å². The topological polar surface area (TPSA) is 30.5 Å². The van der Waals surface area contributed by atoms with E-state index in [9.17, 15) is 0 Å². The molecule has 1 N–H and O–H groups in total. The van der Waals surface area contributed by atoms with Gasteiger partial charge in [-0.3, -0.25) is 0 Å². The summed E-state index contributed by atoms with van der Waals surface area (Å²) in [5.74, 6) is 1.54. The third-order valence-corrected chi connectivity index (χ3v) is 2.41. The largest absolute Gasteiger partial charge is 0.494 e. The Hall–Kier alpha value is -1.06. The van der Waals surface area contributed by atoms with E-state index in [1.807, 2.05) is 19.1 Å². The summed E-state index contributed by atoms with van der Waals surface area (Å²) in [5, 5.41) is 3.36. The second kappa shape index (κ2) is 8.95. The second-order valence-corrected chi connectivity index (χ2v) is 4.73. The van der Waals surface area contributed by atoms with Gasteiger partial charge in [-0.15, -0.1) is 0 Å². The van der Waals surface area contributed by atoms with Gasteiger partial charge in [0.1, 0.15) is 5.75 Å². The lowest BCUT2D eigenvalue weighted by molar-refractivity contribution is 0.111. The SMILES string of the molecule is CCOc1cccc(CNCCOCC(C)C)c1. The third kappa shape index (κ3) is 6.62. The van der Waals surface area contributed by atoms with Crippen LogP contribution in [0.1, 0.15) is 26.3 Å². The van der Waals surface area contributed by atoms with Crippen LogP contribution < -0.4 is 10.1 Å². The minimum atomic E-state index is 0.605. The molecule has 0 amide bonds. The first-order chi connectivity index (χ1) is 8.72. The van der Waals surface area contributed by atoms with E-state index in [1.54, 1.807) is 0 Å². The molecule has 0 fully saturated rings. The highest BCUT2D eigenvalue weighted by atomic mass is 16.5. The van der Waals surface area contributed by atoms with Gasteiger partial charge in [0.05, 0.1) is 13.2 Å². The number of benzene rings is 1. The monoisotopic (exact) mass is 251 g/mol. The number of hydrogen-bond acceptors (Lipinski definition) is 3. The molecule has 0 heterocycles. The molecular weight excluding hydrogens is 226 g/mol. The predicted octanol–water partition coefficient (Wildman–Crippen LogP) is 2.85. The van der Waals surface area contributed by atoms with Crippen molar-refractivity contribution in [3.63, 3.8) is 0 Å². The maximum absolute atomic E-state index is 5.51. The molecule has 0 aliphatic carbocycles. The lowest BCUT2D eigenvalue weighted by atomic mass is 10.2. The summed E-state index contributed by atoms with van der Waals surface area (Å²) in [6.07, 6.45) is 0. The first-order valence-corrected chi connectivity index (χ1v) is 6.72. The average molecular weight is 251 g/mol. The van der Waals surface area contributed by atoms with Crippen LogP contribution in [0.3, 0.4) is 0 Å². The fraction of sp³-hybridized carbons (Fsp3) is 0.600. The van der Waals surface area contributed by atoms with Crippen LogP contribution in [0.2, 0.25) is 0 Å². The molecule has 0 radical (unpaired) electrons. The molecule has 0 aliphatic heterocycles. The first-order valence-electron chi connectivity index (χ1n) is 6.72. The second-order valence-electron chi connectivity index (χ2n) is 4.73. The molecule has 0 saturated carbocycles. The summed E-state index contributed by atoms with van der Waals surface area (Å²) < 4.78 is 11.0. The third-order valence-electron chi connectivity index (χ3n) is 2.41. The van der Waals surface area contributed by atoms with Crippen molar-refractivity contribution in [2.24, 2.45) is 5.92 Å². The van der Waals surface area contributed by atoms with E-state index in [2.05, 4.69) is 31.3 Å². The van der Waals surface area contributed by atoms with Gasteiger partial charge in [-0.05, 0) is 30.5 Å². The molecular formula is C15H25NO2. The van der Waals surface area contributed by atoms with Gasteiger partial charge in [-0.25, -0.2) is 0 Å². The molecule has 3 heteroatoms. The molecule has 18 heavy (non-hydrogen) atoms. The molecule has 0 saturated heterocycles. The Labute approximate surface area is 110 Å². The summed E-state index contributed by atoms with van der Waals surface area (Å²) in [6, 6.07) is 8.19. The molecule has 102 valence electrons. The van der Waals surface area contributed by atoms with E-state index in [-0.39, 0.29) is 0 Å². The fourth-order valence-corrected chi connectivity index (χ4v) is 1.61. The van der Waals surface area contributed by atoms with Gasteiger partial charge < -0.3 is 14.8 Å². The normalized spacial score (nSPS) is 10.9. The zero-order chi connectivity index (χ0) is 13.2. The minimum Gasteiger partial charge on any atom is -0.494 e. The Morgan fingerprint density at radius 3 is 2.83 bits per heavy atom. The molecule has 1 aromatic carbocycles. The fourth-order valence-electron chi connectivity index (χ4n) is 1.61. The molecule has 0 aromatic heterocycles. The average Bonchev–Trinajstić information content (AvgIpc) is 2.34. The van der Waals surface area contributed by atoms with E-state index in [0.29, 0.717) is 12.5 Å². The van der Waals surface area contributed by atoms with E-state index in [0.717, 1.165) is 32.1 Å². The van der Waals surface area contributed by atoms with Gasteiger partial charge in [0, 0.05) is 19.7 Å². The van der Waals surface area contributed by atoms with Crippen molar-refractivity contribution in [3.05, 3.63) is 29.8 Å². The Balaban J connectivity index is 2.16. The summed E-state index contributed by atoms with van der Waals surface area (Å²) in [5.41, 5.74) is 1.24. The van der Waals surface area contributed by atoms with Gasteiger partial charge in [0.25, 0.3) is 0 Å². The zero-order valence-electron chi connectivity index (χ0n) is 11.7. The minimum absolute atomic E-state index is 0.605. The van der Waals surface area contributed by atoms with Gasteiger partial charge in [-0.1, -0.05) is 26.0 Å². The van der Waals surface area contributed by atoms with Gasteiger partial charge >= 0.3 is 0 Å². The van der Waals surface area contributed by atoms with E-state index >= 15 is 0 Å². The van der Waals surface area contributed by atoms with E-state index in [1.165, 1.54) is 5.56 Å². The summed E-state index contributed by atoms with van der Waals surface area (Å²) in [6.45, 7) is 10.4. The van der Waals surface area contributed by atoms with Crippen molar-refractivity contribution >= 4 is 0 Å². The van der Waals surface area contributed by atoms with Crippen LogP contribution in [0.4, 0.5) is 0 Å². The van der Waals surface area contributed by atoms with Crippen LogP contribution in [-0.2, 0) is 11.3 Å². The Morgan fingerprint density at radius 1 is 1.28 bits per heavy atom. The van der Waals surface area contributed by atoms with Gasteiger partial charge in [0.15, 0.2) is 0 Å². The van der Waals surface area contributed by atoms with Crippen molar-refractivity contribution in [1.29, 1.82) is 0 Å². The molecule has 0 unspecified atom stereocenters. The maximum Gasteiger partial charge on any atom is 0.119 e. The Bertz CT molecular complexity index is 326. The van der Waals surface area contributed by atoms with Crippen molar-refractivity contribution in [3.8, 4) is 5.75 Å². The predicted molar refractivity (Wildman–Crippen MR) is 75.0 cm³/mol. The van der Waals surface area contributed by atoms with Gasteiger partial charge in [-0.2, -0.15) is 0 Å². The quantitative estimate of drug-likeness (QED) is 0.685. The number of rotatable bonds is 9. The van der Waals surface area contributed by atoms with Crippen LogP contribution in [0.5, 0.6) is 5.75 Å².